The van der Waals surface area contributed by atoms with Crippen LogP contribution in [0.5, 0.6) is 0 Å². The molecule has 25 heavy (non-hydrogen) atoms. The second kappa shape index (κ2) is 7.17. The fourth-order valence-corrected chi connectivity index (χ4v) is 3.98. The zero-order chi connectivity index (χ0) is 17.9. The van der Waals surface area contributed by atoms with E-state index in [-0.39, 0.29) is 11.3 Å². The molecule has 0 aromatic heterocycles. The Hall–Kier alpha value is -2.50. The number of sulfonamides is 1. The van der Waals surface area contributed by atoms with Gasteiger partial charge >= 0.3 is 0 Å². The highest BCUT2D eigenvalue weighted by atomic mass is 32.2. The smallest absolute Gasteiger partial charge is 0.241 e. The fraction of sp³-hybridized carbons (Fsp3) is 0.150. The summed E-state index contributed by atoms with van der Waals surface area (Å²) in [5.41, 5.74) is 1.75. The Kier molecular flexibility index (Phi) is 4.97. The first-order valence-corrected chi connectivity index (χ1v) is 9.49. The third-order valence-corrected chi connectivity index (χ3v) is 5.62. The molecule has 4 nitrogen and oxygen atoms in total. The van der Waals surface area contributed by atoms with Crippen molar-refractivity contribution in [2.75, 3.05) is 0 Å². The molecule has 0 aliphatic heterocycles. The molecule has 3 aromatic carbocycles. The number of rotatable bonds is 6. The Morgan fingerprint density at radius 3 is 2.32 bits per heavy atom. The Morgan fingerprint density at radius 1 is 0.960 bits per heavy atom. The van der Waals surface area contributed by atoms with Gasteiger partial charge in [0.2, 0.25) is 10.0 Å². The van der Waals surface area contributed by atoms with Gasteiger partial charge in [0.25, 0.3) is 0 Å². The Morgan fingerprint density at radius 2 is 1.64 bits per heavy atom. The predicted octanol–water partition coefficient (Wildman–Crippen LogP) is 3.76. The summed E-state index contributed by atoms with van der Waals surface area (Å²) in [6, 6.07) is 19.6. The Labute approximate surface area is 147 Å². The minimum atomic E-state index is -3.71. The van der Waals surface area contributed by atoms with E-state index in [0.29, 0.717) is 0 Å². The van der Waals surface area contributed by atoms with Crippen LogP contribution in [-0.2, 0) is 14.8 Å². The first kappa shape index (κ1) is 17.3. The van der Waals surface area contributed by atoms with Crippen molar-refractivity contribution >= 4 is 27.1 Å². The quantitative estimate of drug-likeness (QED) is 0.686. The molecule has 0 amide bonds. The van der Waals surface area contributed by atoms with Crippen LogP contribution >= 0.6 is 0 Å². The van der Waals surface area contributed by atoms with Gasteiger partial charge in [-0.2, -0.15) is 0 Å². The second-order valence-electron chi connectivity index (χ2n) is 6.00. The number of aldehydes is 1. The molecule has 0 spiro atoms. The van der Waals surface area contributed by atoms with Crippen LogP contribution in [0.2, 0.25) is 0 Å². The third-order valence-electron chi connectivity index (χ3n) is 4.14. The van der Waals surface area contributed by atoms with E-state index in [4.69, 9.17) is 0 Å². The Balaban J connectivity index is 1.94. The van der Waals surface area contributed by atoms with Gasteiger partial charge in [0.1, 0.15) is 6.29 Å². The number of hydrogen-bond acceptors (Lipinski definition) is 3. The SMILES string of the molecule is Cc1ccc(S(=O)(=O)NC(CC=O)c2ccc3ccccc3c2)cc1. The third kappa shape index (κ3) is 3.95. The van der Waals surface area contributed by atoms with Crippen molar-refractivity contribution in [1.82, 2.24) is 4.72 Å². The highest BCUT2D eigenvalue weighted by Crippen LogP contribution is 2.24. The predicted molar refractivity (Wildman–Crippen MR) is 98.9 cm³/mol. The van der Waals surface area contributed by atoms with E-state index in [0.717, 1.165) is 28.2 Å². The minimum Gasteiger partial charge on any atom is -0.303 e. The van der Waals surface area contributed by atoms with Crippen molar-refractivity contribution in [2.45, 2.75) is 24.3 Å². The van der Waals surface area contributed by atoms with Gasteiger partial charge < -0.3 is 4.79 Å². The van der Waals surface area contributed by atoms with Gasteiger partial charge in [-0.25, -0.2) is 13.1 Å². The maximum atomic E-state index is 12.6. The number of fused-ring (bicyclic) bond motifs is 1. The lowest BCUT2D eigenvalue weighted by Crippen LogP contribution is -2.29. The normalized spacial score (nSPS) is 12.8. The lowest BCUT2D eigenvalue weighted by atomic mass is 10.0. The number of carbonyl (C=O) groups is 1. The average Bonchev–Trinajstić information content (AvgIpc) is 2.61. The number of benzene rings is 3. The van der Waals surface area contributed by atoms with Gasteiger partial charge in [0, 0.05) is 6.42 Å². The average molecular weight is 353 g/mol. The highest BCUT2D eigenvalue weighted by molar-refractivity contribution is 7.89. The summed E-state index contributed by atoms with van der Waals surface area (Å²) in [6.07, 6.45) is 0.806. The van der Waals surface area contributed by atoms with Crippen LogP contribution in [0.1, 0.15) is 23.6 Å². The number of hydrogen-bond donors (Lipinski definition) is 1. The van der Waals surface area contributed by atoms with Crippen molar-refractivity contribution in [3.8, 4) is 0 Å². The summed E-state index contributed by atoms with van der Waals surface area (Å²) in [6.45, 7) is 1.90. The van der Waals surface area contributed by atoms with Crippen LogP contribution in [0, 0.1) is 6.92 Å². The largest absolute Gasteiger partial charge is 0.303 e. The van der Waals surface area contributed by atoms with E-state index in [1.54, 1.807) is 24.3 Å². The number of nitrogens with one attached hydrogen (secondary N) is 1. The molecule has 3 aromatic rings. The van der Waals surface area contributed by atoms with Crippen LogP contribution in [0.3, 0.4) is 0 Å². The number of carbonyl (C=O) groups excluding carboxylic acids is 1. The Bertz CT molecular complexity index is 995. The summed E-state index contributed by atoms with van der Waals surface area (Å²) >= 11 is 0. The maximum Gasteiger partial charge on any atom is 0.241 e. The molecule has 0 radical (unpaired) electrons. The molecule has 128 valence electrons. The zero-order valence-electron chi connectivity index (χ0n) is 13.8. The van der Waals surface area contributed by atoms with Crippen molar-refractivity contribution in [3.63, 3.8) is 0 Å². The van der Waals surface area contributed by atoms with Gasteiger partial charge in [-0.15, -0.1) is 0 Å². The molecule has 1 unspecified atom stereocenters. The van der Waals surface area contributed by atoms with Crippen molar-refractivity contribution in [1.29, 1.82) is 0 Å². The molecule has 0 bridgehead atoms. The van der Waals surface area contributed by atoms with Gasteiger partial charge in [-0.3, -0.25) is 0 Å². The summed E-state index contributed by atoms with van der Waals surface area (Å²) in [7, 11) is -3.71. The molecule has 0 fully saturated rings. The lowest BCUT2D eigenvalue weighted by molar-refractivity contribution is -0.108. The van der Waals surface area contributed by atoms with Gasteiger partial charge in [0.15, 0.2) is 0 Å². The summed E-state index contributed by atoms with van der Waals surface area (Å²) in [5.74, 6) is 0. The monoisotopic (exact) mass is 353 g/mol. The standard InChI is InChI=1S/C20H19NO3S/c1-15-6-10-19(11-7-15)25(23,24)21-20(12-13-22)18-9-8-16-4-2-3-5-17(16)14-18/h2-11,13-14,20-21H,12H2,1H3. The molecule has 1 atom stereocenters. The minimum absolute atomic E-state index is 0.0728. The van der Waals surface area contributed by atoms with Gasteiger partial charge in [-0.05, 0) is 41.5 Å². The topological polar surface area (TPSA) is 63.2 Å². The van der Waals surface area contributed by atoms with Crippen molar-refractivity contribution < 1.29 is 13.2 Å². The number of aryl methyl sites for hydroxylation is 1. The van der Waals surface area contributed by atoms with Gasteiger partial charge in [-0.1, -0.05) is 54.1 Å². The van der Waals surface area contributed by atoms with Crippen LogP contribution in [-0.4, -0.2) is 14.7 Å². The molecule has 0 heterocycles. The molecule has 0 aliphatic carbocycles. The molecule has 3 rings (SSSR count). The highest BCUT2D eigenvalue weighted by Gasteiger charge is 2.21. The van der Waals surface area contributed by atoms with Crippen molar-refractivity contribution in [3.05, 3.63) is 77.9 Å². The molecule has 5 heteroatoms. The first-order valence-electron chi connectivity index (χ1n) is 8.01. The van der Waals surface area contributed by atoms with E-state index in [2.05, 4.69) is 4.72 Å². The summed E-state index contributed by atoms with van der Waals surface area (Å²) < 4.78 is 27.9. The maximum absolute atomic E-state index is 12.6. The van der Waals surface area contributed by atoms with E-state index in [1.807, 2.05) is 49.4 Å². The fourth-order valence-electron chi connectivity index (χ4n) is 2.75. The first-order chi connectivity index (χ1) is 12.0. The van der Waals surface area contributed by atoms with E-state index in [9.17, 15) is 13.2 Å². The molecular weight excluding hydrogens is 334 g/mol. The zero-order valence-corrected chi connectivity index (χ0v) is 14.7. The van der Waals surface area contributed by atoms with Crippen LogP contribution < -0.4 is 4.72 Å². The summed E-state index contributed by atoms with van der Waals surface area (Å²) in [5, 5.41) is 2.07. The molecule has 1 N–H and O–H groups in total. The summed E-state index contributed by atoms with van der Waals surface area (Å²) in [4.78, 5) is 11.3. The van der Waals surface area contributed by atoms with Crippen molar-refractivity contribution in [2.24, 2.45) is 0 Å². The van der Waals surface area contributed by atoms with Crippen LogP contribution in [0.4, 0.5) is 0 Å². The van der Waals surface area contributed by atoms with Gasteiger partial charge in [0.05, 0.1) is 10.9 Å². The molecule has 0 aliphatic rings. The molecular formula is C20H19NO3S. The molecule has 0 saturated heterocycles. The van der Waals surface area contributed by atoms with E-state index in [1.165, 1.54) is 0 Å². The van der Waals surface area contributed by atoms with Crippen LogP contribution in [0.25, 0.3) is 10.8 Å². The van der Waals surface area contributed by atoms with E-state index < -0.39 is 16.1 Å². The molecule has 0 saturated carbocycles. The second-order valence-corrected chi connectivity index (χ2v) is 7.71. The lowest BCUT2D eigenvalue weighted by Gasteiger charge is -2.18. The van der Waals surface area contributed by atoms with Crippen LogP contribution in [0.15, 0.2) is 71.6 Å². The van der Waals surface area contributed by atoms with E-state index >= 15 is 0 Å².